The van der Waals surface area contributed by atoms with Crippen molar-refractivity contribution in [1.29, 1.82) is 0 Å². The molecule has 2 aromatic heterocycles. The lowest BCUT2D eigenvalue weighted by molar-refractivity contribution is 0.803. The lowest BCUT2D eigenvalue weighted by atomic mass is 10.4. The Hall–Kier alpha value is -1.14. The van der Waals surface area contributed by atoms with Crippen molar-refractivity contribution in [2.24, 2.45) is 0 Å². The molecular weight excluding hydrogens is 293 g/mol. The van der Waals surface area contributed by atoms with Gasteiger partial charge in [0.1, 0.15) is 0 Å². The van der Waals surface area contributed by atoms with Gasteiger partial charge in [-0.2, -0.15) is 10.1 Å². The van der Waals surface area contributed by atoms with Gasteiger partial charge in [-0.3, -0.25) is 0 Å². The highest BCUT2D eigenvalue weighted by Gasteiger charge is 2.14. The minimum absolute atomic E-state index is 0.146. The minimum atomic E-state index is 0.146. The molecule has 2 aromatic rings. The first-order chi connectivity index (χ1) is 7.50. The minimum Gasteiger partial charge on any atom is -0.394 e. The number of hydrogen-bond donors (Lipinski definition) is 1. The standard InChI is InChI=1S/C9H9BrClN5/c1-4-7(10)5(2)16(15-4)8-6(12)3-13-9(11)14-8/h3H,12H2,1-2H3. The van der Waals surface area contributed by atoms with E-state index in [1.165, 1.54) is 6.20 Å². The number of nitrogen functional groups attached to an aromatic ring is 1. The van der Waals surface area contributed by atoms with E-state index in [1.807, 2.05) is 13.8 Å². The number of rotatable bonds is 1. The Balaban J connectivity index is 2.67. The van der Waals surface area contributed by atoms with Gasteiger partial charge in [-0.05, 0) is 41.4 Å². The smallest absolute Gasteiger partial charge is 0.224 e. The summed E-state index contributed by atoms with van der Waals surface area (Å²) in [6.07, 6.45) is 1.47. The molecule has 5 nitrogen and oxygen atoms in total. The third-order valence-corrected chi connectivity index (χ3v) is 3.50. The summed E-state index contributed by atoms with van der Waals surface area (Å²) < 4.78 is 2.57. The molecule has 2 heterocycles. The van der Waals surface area contributed by atoms with Gasteiger partial charge in [-0.1, -0.05) is 0 Å². The molecule has 0 saturated carbocycles. The van der Waals surface area contributed by atoms with E-state index in [4.69, 9.17) is 17.3 Å². The normalized spacial score (nSPS) is 10.8. The number of halogens is 2. The number of aromatic nitrogens is 4. The molecule has 0 aliphatic carbocycles. The number of hydrogen-bond acceptors (Lipinski definition) is 4. The van der Waals surface area contributed by atoms with Gasteiger partial charge in [0, 0.05) is 0 Å². The molecule has 0 aliphatic heterocycles. The molecular formula is C9H9BrClN5. The van der Waals surface area contributed by atoms with E-state index in [0.29, 0.717) is 11.5 Å². The average Bonchev–Trinajstić information content (AvgIpc) is 2.50. The van der Waals surface area contributed by atoms with Gasteiger partial charge >= 0.3 is 0 Å². The van der Waals surface area contributed by atoms with Crippen LogP contribution in [0, 0.1) is 13.8 Å². The third kappa shape index (κ3) is 1.78. The molecule has 0 atom stereocenters. The first-order valence-electron chi connectivity index (χ1n) is 4.51. The van der Waals surface area contributed by atoms with Gasteiger partial charge in [0.25, 0.3) is 0 Å². The molecule has 0 aromatic carbocycles. The summed E-state index contributed by atoms with van der Waals surface area (Å²) in [7, 11) is 0. The van der Waals surface area contributed by atoms with E-state index in [0.717, 1.165) is 15.9 Å². The van der Waals surface area contributed by atoms with E-state index in [-0.39, 0.29) is 5.28 Å². The molecule has 0 aliphatic rings. The van der Waals surface area contributed by atoms with Crippen molar-refractivity contribution in [2.45, 2.75) is 13.8 Å². The summed E-state index contributed by atoms with van der Waals surface area (Å²) in [5.74, 6) is 0.492. The Kier molecular flexibility index (Phi) is 2.86. The molecule has 0 amide bonds. The van der Waals surface area contributed by atoms with Gasteiger partial charge in [0.05, 0.1) is 27.7 Å². The van der Waals surface area contributed by atoms with Crippen LogP contribution in [0.2, 0.25) is 5.28 Å². The Bertz CT molecular complexity index is 551. The summed E-state index contributed by atoms with van der Waals surface area (Å²) in [6, 6.07) is 0. The number of nitrogens with zero attached hydrogens (tertiary/aromatic N) is 4. The molecule has 7 heteroatoms. The number of nitrogens with two attached hydrogens (primary N) is 1. The van der Waals surface area contributed by atoms with Crippen LogP contribution in [0.25, 0.3) is 5.82 Å². The summed E-state index contributed by atoms with van der Waals surface area (Å²) in [5, 5.41) is 4.47. The average molecular weight is 303 g/mol. The van der Waals surface area contributed by atoms with Gasteiger partial charge < -0.3 is 5.73 Å². The first kappa shape index (κ1) is 11.3. The highest BCUT2D eigenvalue weighted by atomic mass is 79.9. The van der Waals surface area contributed by atoms with E-state index in [2.05, 4.69) is 31.0 Å². The van der Waals surface area contributed by atoms with Crippen molar-refractivity contribution in [3.05, 3.63) is 27.3 Å². The van der Waals surface area contributed by atoms with Crippen LogP contribution < -0.4 is 5.73 Å². The molecule has 16 heavy (non-hydrogen) atoms. The molecule has 84 valence electrons. The predicted octanol–water partition coefficient (Wildman–Crippen LogP) is 2.28. The van der Waals surface area contributed by atoms with Crippen molar-refractivity contribution in [3.63, 3.8) is 0 Å². The van der Waals surface area contributed by atoms with Crippen molar-refractivity contribution in [2.75, 3.05) is 5.73 Å². The van der Waals surface area contributed by atoms with E-state index in [1.54, 1.807) is 4.68 Å². The maximum Gasteiger partial charge on any atom is 0.224 e. The maximum atomic E-state index is 5.79. The van der Waals surface area contributed by atoms with Crippen LogP contribution in [0.15, 0.2) is 10.7 Å². The van der Waals surface area contributed by atoms with Gasteiger partial charge in [0.2, 0.25) is 5.28 Å². The van der Waals surface area contributed by atoms with Crippen LogP contribution in [0.1, 0.15) is 11.4 Å². The third-order valence-electron chi connectivity index (χ3n) is 2.17. The Morgan fingerprint density at radius 1 is 1.44 bits per heavy atom. The van der Waals surface area contributed by atoms with E-state index >= 15 is 0 Å². The molecule has 0 saturated heterocycles. The topological polar surface area (TPSA) is 69.6 Å². The van der Waals surface area contributed by atoms with Crippen LogP contribution in [0.3, 0.4) is 0 Å². The fourth-order valence-electron chi connectivity index (χ4n) is 1.36. The van der Waals surface area contributed by atoms with Crippen LogP contribution >= 0.6 is 27.5 Å². The van der Waals surface area contributed by atoms with Gasteiger partial charge in [-0.15, -0.1) is 0 Å². The molecule has 0 fully saturated rings. The fraction of sp³-hybridized carbons (Fsp3) is 0.222. The lowest BCUT2D eigenvalue weighted by Gasteiger charge is -2.06. The number of anilines is 1. The zero-order valence-electron chi connectivity index (χ0n) is 8.70. The van der Waals surface area contributed by atoms with E-state index in [9.17, 15) is 0 Å². The van der Waals surface area contributed by atoms with Crippen LogP contribution in [-0.2, 0) is 0 Å². The molecule has 0 unspecified atom stereocenters. The fourth-order valence-corrected chi connectivity index (χ4v) is 1.74. The zero-order valence-corrected chi connectivity index (χ0v) is 11.0. The summed E-state index contributed by atoms with van der Waals surface area (Å²) in [6.45, 7) is 3.81. The zero-order chi connectivity index (χ0) is 11.9. The molecule has 0 bridgehead atoms. The van der Waals surface area contributed by atoms with Crippen molar-refractivity contribution in [1.82, 2.24) is 19.7 Å². The maximum absolute atomic E-state index is 5.79. The van der Waals surface area contributed by atoms with Crippen LogP contribution in [0.5, 0.6) is 0 Å². The second-order valence-corrected chi connectivity index (χ2v) is 4.45. The summed E-state index contributed by atoms with van der Waals surface area (Å²) in [5.41, 5.74) is 8.01. The predicted molar refractivity (Wildman–Crippen MR) is 65.8 cm³/mol. The van der Waals surface area contributed by atoms with Gasteiger partial charge in [0.15, 0.2) is 5.82 Å². The van der Waals surface area contributed by atoms with Crippen LogP contribution in [0.4, 0.5) is 5.69 Å². The molecule has 0 spiro atoms. The second kappa shape index (κ2) is 4.03. The van der Waals surface area contributed by atoms with Gasteiger partial charge in [-0.25, -0.2) is 9.67 Å². The second-order valence-electron chi connectivity index (χ2n) is 3.31. The Labute approximate surface area is 106 Å². The molecule has 2 rings (SSSR count). The first-order valence-corrected chi connectivity index (χ1v) is 5.68. The molecule has 0 radical (unpaired) electrons. The SMILES string of the molecule is Cc1nn(-c2nc(Cl)ncc2N)c(C)c1Br. The highest BCUT2D eigenvalue weighted by molar-refractivity contribution is 9.10. The van der Waals surface area contributed by atoms with Crippen LogP contribution in [-0.4, -0.2) is 19.7 Å². The van der Waals surface area contributed by atoms with Crippen molar-refractivity contribution in [3.8, 4) is 5.82 Å². The Morgan fingerprint density at radius 3 is 2.69 bits per heavy atom. The monoisotopic (exact) mass is 301 g/mol. The molecule has 2 N–H and O–H groups in total. The summed E-state index contributed by atoms with van der Waals surface area (Å²) >= 11 is 9.17. The Morgan fingerprint density at radius 2 is 2.12 bits per heavy atom. The highest BCUT2D eigenvalue weighted by Crippen LogP contribution is 2.24. The van der Waals surface area contributed by atoms with E-state index < -0.39 is 0 Å². The lowest BCUT2D eigenvalue weighted by Crippen LogP contribution is -2.07. The summed E-state index contributed by atoms with van der Waals surface area (Å²) in [4.78, 5) is 7.87. The largest absolute Gasteiger partial charge is 0.394 e. The quantitative estimate of drug-likeness (QED) is 0.821. The van der Waals surface area contributed by atoms with Crippen molar-refractivity contribution >= 4 is 33.2 Å². The number of aryl methyl sites for hydroxylation is 1. The van der Waals surface area contributed by atoms with Crippen molar-refractivity contribution < 1.29 is 0 Å².